The summed E-state index contributed by atoms with van der Waals surface area (Å²) in [7, 11) is 0. The second kappa shape index (κ2) is 5.46. The standard InChI is InChI=1S/C14H21NO/c1-11(15)10-12-2-4-13(5-3-12)14-6-8-16-9-7-14/h2-5,11,14H,6-10,15H2,1H3. The number of benzene rings is 1. The molecule has 2 N–H and O–H groups in total. The quantitative estimate of drug-likeness (QED) is 0.847. The van der Waals surface area contributed by atoms with E-state index in [4.69, 9.17) is 10.5 Å². The summed E-state index contributed by atoms with van der Waals surface area (Å²) in [5.74, 6) is 0.693. The van der Waals surface area contributed by atoms with Gasteiger partial charge in [-0.05, 0) is 43.2 Å². The van der Waals surface area contributed by atoms with Crippen molar-refractivity contribution in [1.82, 2.24) is 0 Å². The number of nitrogens with two attached hydrogens (primary N) is 1. The first-order valence-corrected chi connectivity index (χ1v) is 6.18. The first-order chi connectivity index (χ1) is 7.75. The molecule has 2 rings (SSSR count). The fraction of sp³-hybridized carbons (Fsp3) is 0.571. The van der Waals surface area contributed by atoms with Gasteiger partial charge in [0.05, 0.1) is 0 Å². The lowest BCUT2D eigenvalue weighted by Gasteiger charge is -2.22. The van der Waals surface area contributed by atoms with Crippen molar-refractivity contribution in [2.24, 2.45) is 5.73 Å². The van der Waals surface area contributed by atoms with Gasteiger partial charge in [0.2, 0.25) is 0 Å². The molecule has 2 heteroatoms. The predicted molar refractivity (Wildman–Crippen MR) is 66.6 cm³/mol. The van der Waals surface area contributed by atoms with Crippen LogP contribution in [0.1, 0.15) is 36.8 Å². The molecule has 1 heterocycles. The maximum Gasteiger partial charge on any atom is 0.0471 e. The Bertz CT molecular complexity index is 312. The van der Waals surface area contributed by atoms with E-state index in [0.29, 0.717) is 5.92 Å². The molecular formula is C14H21NO. The Kier molecular flexibility index (Phi) is 3.97. The minimum absolute atomic E-state index is 0.244. The summed E-state index contributed by atoms with van der Waals surface area (Å²) >= 11 is 0. The molecule has 1 aromatic rings. The Labute approximate surface area is 97.8 Å². The van der Waals surface area contributed by atoms with Gasteiger partial charge in [0, 0.05) is 19.3 Å². The Morgan fingerprint density at radius 1 is 1.25 bits per heavy atom. The third-order valence-electron chi connectivity index (χ3n) is 3.23. The van der Waals surface area contributed by atoms with Crippen molar-refractivity contribution in [1.29, 1.82) is 0 Å². The monoisotopic (exact) mass is 219 g/mol. The highest BCUT2D eigenvalue weighted by Crippen LogP contribution is 2.26. The van der Waals surface area contributed by atoms with Crippen LogP contribution < -0.4 is 5.73 Å². The minimum Gasteiger partial charge on any atom is -0.381 e. The topological polar surface area (TPSA) is 35.2 Å². The van der Waals surface area contributed by atoms with Crippen LogP contribution in [0.4, 0.5) is 0 Å². The van der Waals surface area contributed by atoms with Crippen molar-refractivity contribution < 1.29 is 4.74 Å². The van der Waals surface area contributed by atoms with Crippen LogP contribution in [0.15, 0.2) is 24.3 Å². The summed E-state index contributed by atoms with van der Waals surface area (Å²) in [6.45, 7) is 3.87. The molecule has 0 spiro atoms. The van der Waals surface area contributed by atoms with Gasteiger partial charge >= 0.3 is 0 Å². The zero-order valence-electron chi connectivity index (χ0n) is 9.99. The Hall–Kier alpha value is -0.860. The van der Waals surface area contributed by atoms with Crippen molar-refractivity contribution in [3.8, 4) is 0 Å². The van der Waals surface area contributed by atoms with E-state index in [1.165, 1.54) is 11.1 Å². The van der Waals surface area contributed by atoms with Crippen molar-refractivity contribution in [3.05, 3.63) is 35.4 Å². The SMILES string of the molecule is CC(N)Cc1ccc(C2CCOCC2)cc1. The van der Waals surface area contributed by atoms with Gasteiger partial charge in [-0.1, -0.05) is 24.3 Å². The molecule has 0 amide bonds. The lowest BCUT2D eigenvalue weighted by atomic mass is 9.91. The predicted octanol–water partition coefficient (Wildman–Crippen LogP) is 2.47. The smallest absolute Gasteiger partial charge is 0.0471 e. The average molecular weight is 219 g/mol. The van der Waals surface area contributed by atoms with Crippen molar-refractivity contribution in [2.45, 2.75) is 38.1 Å². The van der Waals surface area contributed by atoms with E-state index < -0.39 is 0 Å². The molecule has 16 heavy (non-hydrogen) atoms. The van der Waals surface area contributed by atoms with Crippen LogP contribution in [0, 0.1) is 0 Å². The second-order valence-electron chi connectivity index (χ2n) is 4.81. The van der Waals surface area contributed by atoms with Crippen molar-refractivity contribution in [2.75, 3.05) is 13.2 Å². The molecule has 0 radical (unpaired) electrons. The normalized spacial score (nSPS) is 19.6. The molecule has 1 aromatic carbocycles. The Balaban J connectivity index is 2.00. The van der Waals surface area contributed by atoms with E-state index in [9.17, 15) is 0 Å². The zero-order valence-corrected chi connectivity index (χ0v) is 9.99. The van der Waals surface area contributed by atoms with E-state index in [-0.39, 0.29) is 6.04 Å². The van der Waals surface area contributed by atoms with E-state index in [1.54, 1.807) is 0 Å². The van der Waals surface area contributed by atoms with E-state index in [0.717, 1.165) is 32.5 Å². The van der Waals surface area contributed by atoms with Gasteiger partial charge in [0.15, 0.2) is 0 Å². The molecule has 1 unspecified atom stereocenters. The van der Waals surface area contributed by atoms with Crippen LogP contribution in [0.2, 0.25) is 0 Å². The molecule has 1 aliphatic heterocycles. The third-order valence-corrected chi connectivity index (χ3v) is 3.23. The van der Waals surface area contributed by atoms with Crippen LogP contribution in [0.25, 0.3) is 0 Å². The number of ether oxygens (including phenoxy) is 1. The van der Waals surface area contributed by atoms with Crippen molar-refractivity contribution >= 4 is 0 Å². The molecule has 0 aliphatic carbocycles. The van der Waals surface area contributed by atoms with Crippen LogP contribution in [-0.4, -0.2) is 19.3 Å². The van der Waals surface area contributed by atoms with Gasteiger partial charge in [-0.2, -0.15) is 0 Å². The lowest BCUT2D eigenvalue weighted by Crippen LogP contribution is -2.18. The van der Waals surface area contributed by atoms with E-state index in [2.05, 4.69) is 24.3 Å². The molecule has 0 aromatic heterocycles. The summed E-state index contributed by atoms with van der Waals surface area (Å²) in [5.41, 5.74) is 8.58. The first kappa shape index (κ1) is 11.6. The largest absolute Gasteiger partial charge is 0.381 e. The summed E-state index contributed by atoms with van der Waals surface area (Å²) in [4.78, 5) is 0. The number of hydrogen-bond donors (Lipinski definition) is 1. The molecule has 1 aliphatic rings. The van der Waals surface area contributed by atoms with Crippen LogP contribution in [-0.2, 0) is 11.2 Å². The average Bonchev–Trinajstić information content (AvgIpc) is 2.30. The van der Waals surface area contributed by atoms with Gasteiger partial charge in [-0.15, -0.1) is 0 Å². The summed E-state index contributed by atoms with van der Waals surface area (Å²) < 4.78 is 5.38. The summed E-state index contributed by atoms with van der Waals surface area (Å²) in [6, 6.07) is 9.19. The second-order valence-corrected chi connectivity index (χ2v) is 4.81. The lowest BCUT2D eigenvalue weighted by molar-refractivity contribution is 0.0853. The summed E-state index contributed by atoms with van der Waals surface area (Å²) in [5, 5.41) is 0. The molecule has 1 saturated heterocycles. The maximum absolute atomic E-state index is 5.79. The van der Waals surface area contributed by atoms with Crippen LogP contribution in [0.3, 0.4) is 0 Å². The van der Waals surface area contributed by atoms with Crippen LogP contribution >= 0.6 is 0 Å². The maximum atomic E-state index is 5.79. The van der Waals surface area contributed by atoms with Gasteiger partial charge in [0.1, 0.15) is 0 Å². The summed E-state index contributed by atoms with van der Waals surface area (Å²) in [6.07, 6.45) is 3.29. The molecule has 88 valence electrons. The Morgan fingerprint density at radius 3 is 2.44 bits per heavy atom. The van der Waals surface area contributed by atoms with E-state index >= 15 is 0 Å². The van der Waals surface area contributed by atoms with Crippen molar-refractivity contribution in [3.63, 3.8) is 0 Å². The van der Waals surface area contributed by atoms with Gasteiger partial charge in [-0.25, -0.2) is 0 Å². The van der Waals surface area contributed by atoms with Gasteiger partial charge in [0.25, 0.3) is 0 Å². The fourth-order valence-corrected chi connectivity index (χ4v) is 2.33. The number of hydrogen-bond acceptors (Lipinski definition) is 2. The minimum atomic E-state index is 0.244. The molecule has 0 saturated carbocycles. The highest BCUT2D eigenvalue weighted by molar-refractivity contribution is 5.26. The number of rotatable bonds is 3. The molecule has 0 bridgehead atoms. The highest BCUT2D eigenvalue weighted by atomic mass is 16.5. The third kappa shape index (κ3) is 3.06. The highest BCUT2D eigenvalue weighted by Gasteiger charge is 2.15. The fourth-order valence-electron chi connectivity index (χ4n) is 2.33. The van der Waals surface area contributed by atoms with Gasteiger partial charge < -0.3 is 10.5 Å². The Morgan fingerprint density at radius 2 is 1.88 bits per heavy atom. The molecule has 2 nitrogen and oxygen atoms in total. The first-order valence-electron chi connectivity index (χ1n) is 6.18. The molecule has 1 atom stereocenters. The van der Waals surface area contributed by atoms with Gasteiger partial charge in [-0.3, -0.25) is 0 Å². The molecular weight excluding hydrogens is 198 g/mol. The zero-order chi connectivity index (χ0) is 11.4. The molecule has 1 fully saturated rings. The van der Waals surface area contributed by atoms with E-state index in [1.807, 2.05) is 6.92 Å². The van der Waals surface area contributed by atoms with Crippen LogP contribution in [0.5, 0.6) is 0 Å².